The van der Waals surface area contributed by atoms with Gasteiger partial charge >= 0.3 is 0 Å². The molecule has 1 saturated heterocycles. The molecule has 8 heteroatoms. The highest BCUT2D eigenvalue weighted by atomic mass is 35.5. The zero-order valence-corrected chi connectivity index (χ0v) is 18.3. The van der Waals surface area contributed by atoms with Gasteiger partial charge in [0.15, 0.2) is 0 Å². The van der Waals surface area contributed by atoms with E-state index in [1.54, 1.807) is 35.6 Å². The molecule has 31 heavy (non-hydrogen) atoms. The quantitative estimate of drug-likeness (QED) is 0.534. The first-order valence-corrected chi connectivity index (χ1v) is 10.8. The van der Waals surface area contributed by atoms with Gasteiger partial charge in [-0.3, -0.25) is 9.78 Å². The molecular weight excluding hydrogens is 440 g/mol. The summed E-state index contributed by atoms with van der Waals surface area (Å²) in [5, 5.41) is 3.91. The number of aromatic nitrogens is 1. The molecule has 4 rings (SSSR count). The number of alkyl halides is 1. The molecule has 5 nitrogen and oxygen atoms in total. The topological polar surface area (TPSA) is 58.4 Å². The number of benzene rings is 1. The number of amides is 1. The van der Waals surface area contributed by atoms with E-state index in [0.717, 1.165) is 17.0 Å². The van der Waals surface area contributed by atoms with Gasteiger partial charge in [0.1, 0.15) is 5.67 Å². The van der Waals surface area contributed by atoms with E-state index >= 15 is 4.39 Å². The second kappa shape index (κ2) is 9.39. The number of nitrogens with one attached hydrogen (secondary N) is 1. The molecular formula is C23H22Cl2FN3O2. The molecule has 1 amide bonds. The van der Waals surface area contributed by atoms with Crippen LogP contribution in [0.3, 0.4) is 0 Å². The van der Waals surface area contributed by atoms with Crippen LogP contribution in [-0.2, 0) is 6.54 Å². The summed E-state index contributed by atoms with van der Waals surface area (Å²) in [6.45, 7) is 1.37. The number of rotatable bonds is 6. The standard InChI is InChI=1S/C23H22Cl2FN3O2/c24-19-5-4-16(12-20(19)25)22(30)29-9-7-23(26,8-10-29)15-27-13-18-2-1-3-21(28-18)17-6-11-31-14-17/h1-6,11-12,14,27H,7-10,13,15H2. The first-order valence-electron chi connectivity index (χ1n) is 10.1. The Balaban J connectivity index is 1.28. The summed E-state index contributed by atoms with van der Waals surface area (Å²) in [5.74, 6) is -0.158. The van der Waals surface area contributed by atoms with E-state index in [2.05, 4.69) is 10.3 Å². The van der Waals surface area contributed by atoms with E-state index < -0.39 is 5.67 Å². The number of halogens is 3. The van der Waals surface area contributed by atoms with Crippen LogP contribution in [0.25, 0.3) is 11.3 Å². The lowest BCUT2D eigenvalue weighted by Gasteiger charge is -2.36. The third-order valence-corrected chi connectivity index (χ3v) is 6.22. The Hall–Kier alpha value is -2.41. The van der Waals surface area contributed by atoms with Crippen LogP contribution < -0.4 is 5.32 Å². The number of piperidine rings is 1. The maximum Gasteiger partial charge on any atom is 0.253 e. The SMILES string of the molecule is O=C(c1ccc(Cl)c(Cl)c1)N1CCC(F)(CNCc2cccc(-c3ccoc3)n2)CC1. The Morgan fingerprint density at radius 2 is 1.97 bits per heavy atom. The summed E-state index contributed by atoms with van der Waals surface area (Å²) in [6, 6.07) is 12.4. The third kappa shape index (κ3) is 5.26. The number of furan rings is 1. The Morgan fingerprint density at radius 3 is 2.68 bits per heavy atom. The normalized spacial score (nSPS) is 15.8. The number of pyridine rings is 1. The molecule has 3 heterocycles. The van der Waals surface area contributed by atoms with Crippen molar-refractivity contribution in [1.29, 1.82) is 0 Å². The van der Waals surface area contributed by atoms with Gasteiger partial charge in [0.05, 0.1) is 34.0 Å². The first-order chi connectivity index (χ1) is 14.9. The molecule has 0 radical (unpaired) electrons. The highest BCUT2D eigenvalue weighted by molar-refractivity contribution is 6.42. The molecule has 1 aliphatic heterocycles. The monoisotopic (exact) mass is 461 g/mol. The predicted octanol–water partition coefficient (Wildman–Crippen LogP) is 5.38. The van der Waals surface area contributed by atoms with Crippen LogP contribution in [0.5, 0.6) is 0 Å². The summed E-state index contributed by atoms with van der Waals surface area (Å²) in [4.78, 5) is 18.9. The van der Waals surface area contributed by atoms with E-state index in [0.29, 0.717) is 35.2 Å². The first kappa shape index (κ1) is 21.8. The lowest BCUT2D eigenvalue weighted by Crippen LogP contribution is -2.48. The van der Waals surface area contributed by atoms with Crippen molar-refractivity contribution in [2.75, 3.05) is 19.6 Å². The van der Waals surface area contributed by atoms with Crippen molar-refractivity contribution in [2.24, 2.45) is 0 Å². The van der Waals surface area contributed by atoms with Crippen LogP contribution in [0.15, 0.2) is 59.4 Å². The molecule has 162 valence electrons. The Kier molecular flexibility index (Phi) is 6.60. The summed E-state index contributed by atoms with van der Waals surface area (Å²) < 4.78 is 20.4. The zero-order valence-electron chi connectivity index (χ0n) is 16.8. The van der Waals surface area contributed by atoms with Crippen LogP contribution in [0, 0.1) is 0 Å². The minimum absolute atomic E-state index is 0.158. The van der Waals surface area contributed by atoms with Crippen molar-refractivity contribution in [2.45, 2.75) is 25.1 Å². The van der Waals surface area contributed by atoms with Crippen LogP contribution in [0.1, 0.15) is 28.9 Å². The molecule has 0 unspecified atom stereocenters. The smallest absolute Gasteiger partial charge is 0.253 e. The van der Waals surface area contributed by atoms with E-state index in [1.165, 1.54) is 0 Å². The number of hydrogen-bond donors (Lipinski definition) is 1. The highest BCUT2D eigenvalue weighted by Gasteiger charge is 2.36. The van der Waals surface area contributed by atoms with Crippen molar-refractivity contribution < 1.29 is 13.6 Å². The van der Waals surface area contributed by atoms with Crippen molar-refractivity contribution in [3.8, 4) is 11.3 Å². The van der Waals surface area contributed by atoms with Crippen molar-refractivity contribution in [1.82, 2.24) is 15.2 Å². The van der Waals surface area contributed by atoms with E-state index in [9.17, 15) is 4.79 Å². The Morgan fingerprint density at radius 1 is 1.16 bits per heavy atom. The average Bonchev–Trinajstić information content (AvgIpc) is 3.31. The molecule has 1 N–H and O–H groups in total. The molecule has 0 aliphatic carbocycles. The predicted molar refractivity (Wildman–Crippen MR) is 119 cm³/mol. The molecule has 0 bridgehead atoms. The fourth-order valence-electron chi connectivity index (χ4n) is 3.66. The lowest BCUT2D eigenvalue weighted by molar-refractivity contribution is 0.0434. The molecule has 2 aromatic heterocycles. The van der Waals surface area contributed by atoms with Gasteiger partial charge in [0.2, 0.25) is 0 Å². The van der Waals surface area contributed by atoms with Crippen LogP contribution in [0.4, 0.5) is 4.39 Å². The number of nitrogens with zero attached hydrogens (tertiary/aromatic N) is 2. The van der Waals surface area contributed by atoms with E-state index in [1.807, 2.05) is 24.3 Å². The van der Waals surface area contributed by atoms with E-state index in [-0.39, 0.29) is 25.3 Å². The largest absolute Gasteiger partial charge is 0.472 e. The number of hydrogen-bond acceptors (Lipinski definition) is 4. The lowest BCUT2D eigenvalue weighted by atomic mass is 9.92. The molecule has 0 saturated carbocycles. The van der Waals surface area contributed by atoms with Crippen LogP contribution >= 0.6 is 23.2 Å². The molecule has 1 aromatic carbocycles. The molecule has 3 aromatic rings. The van der Waals surface area contributed by atoms with Gasteiger partial charge in [-0.1, -0.05) is 29.3 Å². The maximum atomic E-state index is 15.3. The fourth-order valence-corrected chi connectivity index (χ4v) is 3.96. The van der Waals surface area contributed by atoms with Crippen molar-refractivity contribution in [3.63, 3.8) is 0 Å². The highest BCUT2D eigenvalue weighted by Crippen LogP contribution is 2.28. The molecule has 1 fully saturated rings. The minimum Gasteiger partial charge on any atom is -0.472 e. The number of carbonyl (C=O) groups excluding carboxylic acids is 1. The molecule has 0 atom stereocenters. The number of likely N-dealkylation sites (tertiary alicyclic amines) is 1. The van der Waals surface area contributed by atoms with Gasteiger partial charge < -0.3 is 14.6 Å². The van der Waals surface area contributed by atoms with Gasteiger partial charge in [-0.25, -0.2) is 4.39 Å². The fraction of sp³-hybridized carbons (Fsp3) is 0.304. The van der Waals surface area contributed by atoms with Crippen molar-refractivity contribution in [3.05, 3.63) is 76.3 Å². The van der Waals surface area contributed by atoms with Gasteiger partial charge in [-0.2, -0.15) is 0 Å². The summed E-state index contributed by atoms with van der Waals surface area (Å²) in [5.41, 5.74) is 1.65. The average molecular weight is 462 g/mol. The number of carbonyl (C=O) groups is 1. The zero-order chi connectivity index (χ0) is 21.8. The summed E-state index contributed by atoms with van der Waals surface area (Å²) in [6.07, 6.45) is 3.79. The van der Waals surface area contributed by atoms with E-state index in [4.69, 9.17) is 27.6 Å². The second-order valence-corrected chi connectivity index (χ2v) is 8.52. The van der Waals surface area contributed by atoms with Gasteiger partial charge in [0.25, 0.3) is 5.91 Å². The van der Waals surface area contributed by atoms with Crippen LogP contribution in [-0.4, -0.2) is 41.1 Å². The third-order valence-electron chi connectivity index (χ3n) is 5.48. The van der Waals surface area contributed by atoms with Crippen LogP contribution in [0.2, 0.25) is 10.0 Å². The second-order valence-electron chi connectivity index (χ2n) is 7.70. The summed E-state index contributed by atoms with van der Waals surface area (Å²) in [7, 11) is 0. The Labute approximate surface area is 190 Å². The molecule has 1 aliphatic rings. The minimum atomic E-state index is -1.36. The van der Waals surface area contributed by atoms with Gasteiger partial charge in [-0.15, -0.1) is 0 Å². The van der Waals surface area contributed by atoms with Gasteiger partial charge in [-0.05, 0) is 36.4 Å². The molecule has 0 spiro atoms. The maximum absolute atomic E-state index is 15.3. The summed E-state index contributed by atoms with van der Waals surface area (Å²) >= 11 is 11.9. The Bertz CT molecular complexity index is 1050. The van der Waals surface area contributed by atoms with Crippen molar-refractivity contribution >= 4 is 29.1 Å². The van der Waals surface area contributed by atoms with Gasteiger partial charge in [0, 0.05) is 50.1 Å².